The van der Waals surface area contributed by atoms with Gasteiger partial charge in [-0.05, 0) is 18.0 Å². The predicted octanol–water partition coefficient (Wildman–Crippen LogP) is 1.21. The first-order valence-electron chi connectivity index (χ1n) is 3.95. The van der Waals surface area contributed by atoms with Crippen LogP contribution in [0.25, 0.3) is 0 Å². The topological polar surface area (TPSA) is 34.9 Å². The van der Waals surface area contributed by atoms with Crippen LogP contribution in [0, 0.1) is 5.92 Å². The fourth-order valence-electron chi connectivity index (χ4n) is 1.56. The van der Waals surface area contributed by atoms with Crippen molar-refractivity contribution in [3.63, 3.8) is 0 Å². The quantitative estimate of drug-likeness (QED) is 0.615. The molecule has 1 aliphatic heterocycles. The Morgan fingerprint density at radius 1 is 1.75 bits per heavy atom. The Kier molecular flexibility index (Phi) is 1.89. The Balaban J connectivity index is 2.20. The molecule has 0 saturated carbocycles. The van der Waals surface area contributed by atoms with Crippen LogP contribution in [-0.2, 0) is 17.8 Å². The number of hydrogen-bond donors (Lipinski definition) is 0. The van der Waals surface area contributed by atoms with Gasteiger partial charge in [0.1, 0.15) is 0 Å². The van der Waals surface area contributed by atoms with Crippen LogP contribution < -0.4 is 0 Å². The second-order valence-corrected chi connectivity index (χ2v) is 3.44. The van der Waals surface area contributed by atoms with Crippen molar-refractivity contribution >= 4 is 16.8 Å². The fraction of sp³-hybridized carbons (Fsp3) is 0.500. The summed E-state index contributed by atoms with van der Waals surface area (Å²) in [5, 5.41) is -0.220. The third-order valence-corrected chi connectivity index (χ3v) is 2.60. The Labute approximate surface area is 75.4 Å². The van der Waals surface area contributed by atoms with E-state index in [0.717, 1.165) is 25.1 Å². The maximum Gasteiger partial charge on any atom is 0.225 e. The lowest BCUT2D eigenvalue weighted by molar-refractivity contribution is -0.115. The largest absolute Gasteiger partial charge is 0.335 e. The molecule has 0 fully saturated rings. The Hall–Kier alpha value is -0.830. The van der Waals surface area contributed by atoms with E-state index in [1.807, 2.05) is 0 Å². The maximum atomic E-state index is 10.9. The monoisotopic (exact) mass is 184 g/mol. The molecule has 0 aromatic carbocycles. The number of rotatable bonds is 1. The van der Waals surface area contributed by atoms with Crippen molar-refractivity contribution in [1.82, 2.24) is 9.55 Å². The van der Waals surface area contributed by atoms with Gasteiger partial charge in [-0.3, -0.25) is 4.79 Å². The highest BCUT2D eigenvalue weighted by molar-refractivity contribution is 6.64. The zero-order valence-corrected chi connectivity index (χ0v) is 7.29. The van der Waals surface area contributed by atoms with Crippen molar-refractivity contribution in [2.24, 2.45) is 5.92 Å². The number of nitrogens with zero attached hydrogens (tertiary/aromatic N) is 2. The second-order valence-electron chi connectivity index (χ2n) is 3.07. The minimum atomic E-state index is -0.220. The van der Waals surface area contributed by atoms with Crippen LogP contribution in [-0.4, -0.2) is 14.8 Å². The molecule has 64 valence electrons. The summed E-state index contributed by atoms with van der Waals surface area (Å²) in [6, 6.07) is 0. The van der Waals surface area contributed by atoms with Crippen LogP contribution in [0.1, 0.15) is 12.1 Å². The van der Waals surface area contributed by atoms with Gasteiger partial charge in [0, 0.05) is 30.8 Å². The van der Waals surface area contributed by atoms with Crippen molar-refractivity contribution < 1.29 is 4.79 Å². The van der Waals surface area contributed by atoms with Crippen LogP contribution in [0.15, 0.2) is 12.5 Å². The molecule has 2 rings (SSSR count). The average Bonchev–Trinajstić information content (AvgIpc) is 2.49. The van der Waals surface area contributed by atoms with Crippen molar-refractivity contribution in [3.05, 3.63) is 18.2 Å². The first-order chi connectivity index (χ1) is 5.77. The number of halogens is 1. The van der Waals surface area contributed by atoms with Gasteiger partial charge in [-0.1, -0.05) is 0 Å². The minimum Gasteiger partial charge on any atom is -0.335 e. The summed E-state index contributed by atoms with van der Waals surface area (Å²) in [5.74, 6) is -0.00383. The molecular formula is C8H9ClN2O. The molecule has 0 bridgehead atoms. The molecule has 1 atom stereocenters. The summed E-state index contributed by atoms with van der Waals surface area (Å²) < 4.78 is 2.07. The standard InChI is InChI=1S/C8H9ClN2O/c9-8(12)6-1-2-11-5-10-4-7(11)3-6/h4-6H,1-3H2. The smallest absolute Gasteiger partial charge is 0.225 e. The van der Waals surface area contributed by atoms with Crippen LogP contribution in [0.4, 0.5) is 0 Å². The van der Waals surface area contributed by atoms with Gasteiger partial charge >= 0.3 is 0 Å². The van der Waals surface area contributed by atoms with E-state index < -0.39 is 0 Å². The highest BCUT2D eigenvalue weighted by Gasteiger charge is 2.22. The maximum absolute atomic E-state index is 10.9. The molecule has 1 aliphatic rings. The third-order valence-electron chi connectivity index (χ3n) is 2.29. The molecule has 1 unspecified atom stereocenters. The van der Waals surface area contributed by atoms with E-state index in [2.05, 4.69) is 9.55 Å². The van der Waals surface area contributed by atoms with Gasteiger partial charge in [-0.25, -0.2) is 4.98 Å². The highest BCUT2D eigenvalue weighted by atomic mass is 35.5. The molecule has 0 spiro atoms. The van der Waals surface area contributed by atoms with Crippen molar-refractivity contribution in [1.29, 1.82) is 0 Å². The van der Waals surface area contributed by atoms with Gasteiger partial charge in [0.15, 0.2) is 0 Å². The van der Waals surface area contributed by atoms with Gasteiger partial charge in [-0.15, -0.1) is 0 Å². The molecule has 0 amide bonds. The van der Waals surface area contributed by atoms with E-state index in [-0.39, 0.29) is 11.2 Å². The molecule has 0 N–H and O–H groups in total. The predicted molar refractivity (Wildman–Crippen MR) is 44.9 cm³/mol. The van der Waals surface area contributed by atoms with E-state index in [1.54, 1.807) is 12.5 Å². The van der Waals surface area contributed by atoms with Gasteiger partial charge in [0.05, 0.1) is 6.33 Å². The lowest BCUT2D eigenvalue weighted by Crippen LogP contribution is -2.22. The van der Waals surface area contributed by atoms with E-state index in [4.69, 9.17) is 11.6 Å². The lowest BCUT2D eigenvalue weighted by Gasteiger charge is -2.20. The number of fused-ring (bicyclic) bond motifs is 1. The van der Waals surface area contributed by atoms with E-state index in [0.29, 0.717) is 0 Å². The first kappa shape index (κ1) is 7.80. The zero-order chi connectivity index (χ0) is 8.55. The molecular weight excluding hydrogens is 176 g/mol. The average molecular weight is 185 g/mol. The molecule has 4 heteroatoms. The van der Waals surface area contributed by atoms with Crippen LogP contribution in [0.2, 0.25) is 0 Å². The molecule has 0 saturated heterocycles. The van der Waals surface area contributed by atoms with Crippen molar-refractivity contribution in [3.8, 4) is 0 Å². The Morgan fingerprint density at radius 2 is 2.58 bits per heavy atom. The molecule has 2 heterocycles. The summed E-state index contributed by atoms with van der Waals surface area (Å²) in [7, 11) is 0. The number of carbonyl (C=O) groups excluding carboxylic acids is 1. The third kappa shape index (κ3) is 1.25. The summed E-state index contributed by atoms with van der Waals surface area (Å²) in [5.41, 5.74) is 1.11. The molecule has 1 aromatic heterocycles. The van der Waals surface area contributed by atoms with E-state index in [9.17, 15) is 4.79 Å². The van der Waals surface area contributed by atoms with Crippen LogP contribution in [0.3, 0.4) is 0 Å². The summed E-state index contributed by atoms with van der Waals surface area (Å²) in [6.45, 7) is 0.860. The minimum absolute atomic E-state index is 0.00383. The van der Waals surface area contributed by atoms with Crippen molar-refractivity contribution in [2.75, 3.05) is 0 Å². The number of imidazole rings is 1. The van der Waals surface area contributed by atoms with Crippen LogP contribution >= 0.6 is 11.6 Å². The normalized spacial score (nSPS) is 21.9. The molecule has 0 radical (unpaired) electrons. The number of aromatic nitrogens is 2. The summed E-state index contributed by atoms with van der Waals surface area (Å²) in [6.07, 6.45) is 5.17. The van der Waals surface area contributed by atoms with Crippen molar-refractivity contribution in [2.45, 2.75) is 19.4 Å². The SMILES string of the molecule is O=C(Cl)C1CCn2cncc2C1. The number of aryl methyl sites for hydroxylation is 1. The summed E-state index contributed by atoms with van der Waals surface area (Å²) in [4.78, 5) is 14.9. The first-order valence-corrected chi connectivity index (χ1v) is 4.33. The van der Waals surface area contributed by atoms with Gasteiger partial charge in [0.2, 0.25) is 5.24 Å². The fourth-order valence-corrected chi connectivity index (χ4v) is 1.75. The second kappa shape index (κ2) is 2.90. The number of carbonyl (C=O) groups is 1. The van der Waals surface area contributed by atoms with Crippen LogP contribution in [0.5, 0.6) is 0 Å². The highest BCUT2D eigenvalue weighted by Crippen LogP contribution is 2.21. The molecule has 3 nitrogen and oxygen atoms in total. The molecule has 0 aliphatic carbocycles. The molecule has 1 aromatic rings. The Bertz CT molecular complexity index is 308. The Morgan fingerprint density at radius 3 is 3.33 bits per heavy atom. The van der Waals surface area contributed by atoms with Gasteiger partial charge < -0.3 is 4.57 Å². The van der Waals surface area contributed by atoms with Gasteiger partial charge in [0.25, 0.3) is 0 Å². The summed E-state index contributed by atoms with van der Waals surface area (Å²) >= 11 is 5.42. The van der Waals surface area contributed by atoms with Gasteiger partial charge in [-0.2, -0.15) is 0 Å². The number of hydrogen-bond acceptors (Lipinski definition) is 2. The molecule has 12 heavy (non-hydrogen) atoms. The zero-order valence-electron chi connectivity index (χ0n) is 6.53. The lowest BCUT2D eigenvalue weighted by atomic mass is 9.98. The van der Waals surface area contributed by atoms with E-state index >= 15 is 0 Å². The van der Waals surface area contributed by atoms with E-state index in [1.165, 1.54) is 0 Å².